The van der Waals surface area contributed by atoms with Crippen molar-refractivity contribution in [2.75, 3.05) is 17.7 Å². The lowest BCUT2D eigenvalue weighted by atomic mass is 10.2. The van der Waals surface area contributed by atoms with Crippen molar-refractivity contribution in [1.29, 1.82) is 0 Å². The van der Waals surface area contributed by atoms with Crippen LogP contribution in [0.4, 0.5) is 5.82 Å². The number of fused-ring (bicyclic) bond motifs is 1. The van der Waals surface area contributed by atoms with E-state index in [4.69, 9.17) is 5.73 Å². The summed E-state index contributed by atoms with van der Waals surface area (Å²) in [4.78, 5) is 8.82. The molecule has 0 aliphatic carbocycles. The molecule has 2 heterocycles. The van der Waals surface area contributed by atoms with Crippen molar-refractivity contribution in [2.45, 2.75) is 33.7 Å². The number of hydrogen-bond donors (Lipinski definition) is 1. The van der Waals surface area contributed by atoms with Crippen LogP contribution in [0, 0.1) is 20.8 Å². The monoisotopic (exact) mass is 264 g/mol. The first-order valence-corrected chi connectivity index (χ1v) is 7.54. The minimum absolute atomic E-state index is 0.599. The molecule has 2 rings (SSSR count). The molecule has 18 heavy (non-hydrogen) atoms. The van der Waals surface area contributed by atoms with Gasteiger partial charge in [-0.15, -0.1) is 0 Å². The van der Waals surface area contributed by atoms with Gasteiger partial charge in [0.25, 0.3) is 0 Å². The average molecular weight is 264 g/mol. The van der Waals surface area contributed by atoms with Crippen LogP contribution >= 0.6 is 11.8 Å². The van der Waals surface area contributed by atoms with Crippen LogP contribution in [0.2, 0.25) is 0 Å². The summed E-state index contributed by atoms with van der Waals surface area (Å²) < 4.78 is 2.27. The molecule has 98 valence electrons. The van der Waals surface area contributed by atoms with Gasteiger partial charge in [0.05, 0.1) is 5.39 Å². The van der Waals surface area contributed by atoms with E-state index in [-0.39, 0.29) is 0 Å². The number of rotatable bonds is 4. The molecular formula is C13H20N4S. The normalized spacial score (nSPS) is 11.3. The Bertz CT molecular complexity index is 574. The number of thioether (sulfide) groups is 1. The van der Waals surface area contributed by atoms with Gasteiger partial charge in [0.15, 0.2) is 0 Å². The standard InChI is InChI=1S/C13H20N4S/c1-8-9(2)17(6-5-7-18-4)13-11(8)12(14)15-10(3)16-13/h5-7H2,1-4H3,(H2,14,15,16). The molecule has 5 heteroatoms. The molecule has 4 nitrogen and oxygen atoms in total. The maximum absolute atomic E-state index is 6.03. The van der Waals surface area contributed by atoms with Gasteiger partial charge in [0, 0.05) is 12.2 Å². The second kappa shape index (κ2) is 5.18. The van der Waals surface area contributed by atoms with Crippen LogP contribution in [-0.2, 0) is 6.54 Å². The number of hydrogen-bond acceptors (Lipinski definition) is 4. The Labute approximate surface area is 112 Å². The fourth-order valence-electron chi connectivity index (χ4n) is 2.32. The molecule has 0 aromatic carbocycles. The molecule has 0 saturated carbocycles. The van der Waals surface area contributed by atoms with Crippen LogP contribution in [0.5, 0.6) is 0 Å². The molecule has 0 amide bonds. The molecule has 0 saturated heterocycles. The molecule has 2 aromatic heterocycles. The minimum Gasteiger partial charge on any atom is -0.383 e. The highest BCUT2D eigenvalue weighted by molar-refractivity contribution is 7.98. The van der Waals surface area contributed by atoms with Crippen molar-refractivity contribution in [3.63, 3.8) is 0 Å². The van der Waals surface area contributed by atoms with Gasteiger partial charge in [-0.2, -0.15) is 11.8 Å². The third kappa shape index (κ3) is 2.19. The maximum Gasteiger partial charge on any atom is 0.146 e. The smallest absolute Gasteiger partial charge is 0.146 e. The second-order valence-corrected chi connectivity index (χ2v) is 5.55. The zero-order valence-corrected chi connectivity index (χ0v) is 12.3. The lowest BCUT2D eigenvalue weighted by Gasteiger charge is -2.07. The summed E-state index contributed by atoms with van der Waals surface area (Å²) in [6.45, 7) is 7.11. The Hall–Kier alpha value is -1.23. The number of anilines is 1. The number of nitrogens with zero attached hydrogens (tertiary/aromatic N) is 3. The van der Waals surface area contributed by atoms with Crippen LogP contribution < -0.4 is 5.73 Å². The van der Waals surface area contributed by atoms with E-state index >= 15 is 0 Å². The average Bonchev–Trinajstić information content (AvgIpc) is 2.54. The lowest BCUT2D eigenvalue weighted by molar-refractivity contribution is 0.682. The van der Waals surface area contributed by atoms with Crippen LogP contribution in [0.25, 0.3) is 11.0 Å². The zero-order chi connectivity index (χ0) is 13.3. The minimum atomic E-state index is 0.599. The highest BCUT2D eigenvalue weighted by Crippen LogP contribution is 2.27. The maximum atomic E-state index is 6.03. The number of aromatic nitrogens is 3. The SMILES string of the molecule is CSCCCn1c(C)c(C)c2c(N)nc(C)nc21. The molecule has 0 atom stereocenters. The Morgan fingerprint density at radius 2 is 1.94 bits per heavy atom. The van der Waals surface area contributed by atoms with Crippen molar-refractivity contribution < 1.29 is 0 Å². The number of nitrogens with two attached hydrogens (primary N) is 1. The summed E-state index contributed by atoms with van der Waals surface area (Å²) >= 11 is 1.87. The number of aryl methyl sites for hydroxylation is 3. The van der Waals surface area contributed by atoms with Gasteiger partial charge in [0.2, 0.25) is 0 Å². The van der Waals surface area contributed by atoms with Crippen molar-refractivity contribution >= 4 is 28.6 Å². The molecule has 2 aromatic rings. The summed E-state index contributed by atoms with van der Waals surface area (Å²) in [5, 5.41) is 1.02. The van der Waals surface area contributed by atoms with E-state index < -0.39 is 0 Å². The predicted octanol–water partition coefficient (Wildman–Crippen LogP) is 2.69. The Morgan fingerprint density at radius 3 is 2.61 bits per heavy atom. The van der Waals surface area contributed by atoms with E-state index in [1.807, 2.05) is 18.7 Å². The van der Waals surface area contributed by atoms with Gasteiger partial charge in [-0.05, 0) is 44.8 Å². The van der Waals surface area contributed by atoms with E-state index in [0.717, 1.165) is 35.6 Å². The molecule has 0 aliphatic heterocycles. The molecule has 0 bridgehead atoms. The van der Waals surface area contributed by atoms with Crippen molar-refractivity contribution in [2.24, 2.45) is 0 Å². The quantitative estimate of drug-likeness (QED) is 0.863. The van der Waals surface area contributed by atoms with E-state index in [9.17, 15) is 0 Å². The summed E-state index contributed by atoms with van der Waals surface area (Å²) in [5.74, 6) is 2.50. The van der Waals surface area contributed by atoms with Gasteiger partial charge < -0.3 is 10.3 Å². The van der Waals surface area contributed by atoms with E-state index in [1.165, 1.54) is 11.3 Å². The highest BCUT2D eigenvalue weighted by atomic mass is 32.2. The van der Waals surface area contributed by atoms with E-state index in [0.29, 0.717) is 5.82 Å². The molecule has 0 aliphatic rings. The fraction of sp³-hybridized carbons (Fsp3) is 0.538. The molecule has 0 fully saturated rings. The Kier molecular flexibility index (Phi) is 3.80. The molecule has 0 unspecified atom stereocenters. The molecule has 0 spiro atoms. The lowest BCUT2D eigenvalue weighted by Crippen LogP contribution is -2.04. The molecule has 0 radical (unpaired) electrons. The van der Waals surface area contributed by atoms with Gasteiger partial charge in [-0.1, -0.05) is 0 Å². The summed E-state index contributed by atoms with van der Waals surface area (Å²) in [7, 11) is 0. The summed E-state index contributed by atoms with van der Waals surface area (Å²) in [5.41, 5.74) is 9.46. The van der Waals surface area contributed by atoms with E-state index in [2.05, 4.69) is 34.6 Å². The van der Waals surface area contributed by atoms with Crippen LogP contribution in [0.3, 0.4) is 0 Å². The molecular weight excluding hydrogens is 244 g/mol. The van der Waals surface area contributed by atoms with Crippen LogP contribution in [0.1, 0.15) is 23.5 Å². The third-order valence-electron chi connectivity index (χ3n) is 3.34. The molecule has 2 N–H and O–H groups in total. The van der Waals surface area contributed by atoms with Crippen LogP contribution in [-0.4, -0.2) is 26.5 Å². The number of nitrogen functional groups attached to an aromatic ring is 1. The Morgan fingerprint density at radius 1 is 1.22 bits per heavy atom. The fourth-order valence-corrected chi connectivity index (χ4v) is 2.73. The Balaban J connectivity index is 2.54. The highest BCUT2D eigenvalue weighted by Gasteiger charge is 2.15. The topological polar surface area (TPSA) is 56.7 Å². The summed E-state index contributed by atoms with van der Waals surface area (Å²) in [6.07, 6.45) is 3.28. The van der Waals surface area contributed by atoms with Crippen molar-refractivity contribution in [3.05, 3.63) is 17.1 Å². The first kappa shape index (κ1) is 13.2. The first-order chi connectivity index (χ1) is 8.56. The first-order valence-electron chi connectivity index (χ1n) is 6.14. The summed E-state index contributed by atoms with van der Waals surface area (Å²) in [6, 6.07) is 0. The second-order valence-electron chi connectivity index (χ2n) is 4.56. The van der Waals surface area contributed by atoms with Crippen molar-refractivity contribution in [3.8, 4) is 0 Å². The van der Waals surface area contributed by atoms with Crippen LogP contribution in [0.15, 0.2) is 0 Å². The van der Waals surface area contributed by atoms with Gasteiger partial charge in [-0.3, -0.25) is 0 Å². The van der Waals surface area contributed by atoms with Gasteiger partial charge >= 0.3 is 0 Å². The largest absolute Gasteiger partial charge is 0.383 e. The van der Waals surface area contributed by atoms with Gasteiger partial charge in [0.1, 0.15) is 17.3 Å². The van der Waals surface area contributed by atoms with Crippen molar-refractivity contribution in [1.82, 2.24) is 14.5 Å². The predicted molar refractivity (Wildman–Crippen MR) is 79.2 cm³/mol. The zero-order valence-electron chi connectivity index (χ0n) is 11.4. The van der Waals surface area contributed by atoms with Gasteiger partial charge in [-0.25, -0.2) is 9.97 Å². The van der Waals surface area contributed by atoms with E-state index in [1.54, 1.807) is 0 Å². The third-order valence-corrected chi connectivity index (χ3v) is 4.04.